The largest absolute Gasteiger partial charge is 0.494 e. The summed E-state index contributed by atoms with van der Waals surface area (Å²) in [5, 5.41) is 2.95. The van der Waals surface area contributed by atoms with Crippen LogP contribution in [-0.4, -0.2) is 50.3 Å². The number of piperazine rings is 1. The molecule has 1 saturated heterocycles. The van der Waals surface area contributed by atoms with Crippen LogP contribution >= 0.6 is 0 Å². The van der Waals surface area contributed by atoms with Gasteiger partial charge in [0.25, 0.3) is 0 Å². The van der Waals surface area contributed by atoms with Gasteiger partial charge >= 0.3 is 6.03 Å². The second-order valence-corrected chi connectivity index (χ2v) is 8.63. The van der Waals surface area contributed by atoms with Gasteiger partial charge in [0.05, 0.1) is 12.3 Å². The van der Waals surface area contributed by atoms with Gasteiger partial charge in [0.2, 0.25) is 0 Å². The number of halogens is 1. The zero-order valence-electron chi connectivity index (χ0n) is 18.2. The first kappa shape index (κ1) is 21.9. The lowest BCUT2D eigenvalue weighted by atomic mass is 9.87. The summed E-state index contributed by atoms with van der Waals surface area (Å²) in [4.78, 5) is 16.1. The van der Waals surface area contributed by atoms with Crippen LogP contribution in [-0.2, 0) is 5.41 Å². The normalized spacial score (nSPS) is 14.5. The lowest BCUT2D eigenvalue weighted by Gasteiger charge is -2.36. The maximum absolute atomic E-state index is 13.9. The highest BCUT2D eigenvalue weighted by Crippen LogP contribution is 2.24. The van der Waals surface area contributed by atoms with Crippen molar-refractivity contribution >= 4 is 11.7 Å². The molecule has 0 bridgehead atoms. The topological polar surface area (TPSA) is 44.8 Å². The molecule has 3 rings (SSSR count). The fraction of sp³-hybridized carbons (Fsp3) is 0.458. The summed E-state index contributed by atoms with van der Waals surface area (Å²) in [5.41, 5.74) is 2.01. The molecule has 30 heavy (non-hydrogen) atoms. The van der Waals surface area contributed by atoms with Crippen molar-refractivity contribution in [3.63, 3.8) is 0 Å². The Balaban J connectivity index is 1.33. The summed E-state index contributed by atoms with van der Waals surface area (Å²) in [6.07, 6.45) is 0.738. The van der Waals surface area contributed by atoms with Crippen molar-refractivity contribution in [2.75, 3.05) is 44.2 Å². The van der Waals surface area contributed by atoms with Gasteiger partial charge in [0.1, 0.15) is 11.6 Å². The smallest absolute Gasteiger partial charge is 0.317 e. The van der Waals surface area contributed by atoms with Gasteiger partial charge in [-0.25, -0.2) is 9.18 Å². The van der Waals surface area contributed by atoms with Crippen LogP contribution < -0.4 is 15.0 Å². The standard InChI is InChI=1S/C24H32FN3O2/c1-24(2,3)19-9-11-20(12-10-19)30-18-6-13-26-23(29)28-16-14-27(15-17-28)22-8-5-4-7-21(22)25/h4-5,7-12H,6,13-18H2,1-3H3,(H,26,29). The number of carbonyl (C=O) groups excluding carboxylic acids is 1. The predicted molar refractivity (Wildman–Crippen MR) is 119 cm³/mol. The zero-order valence-corrected chi connectivity index (χ0v) is 18.2. The quantitative estimate of drug-likeness (QED) is 0.713. The Kier molecular flexibility index (Phi) is 7.19. The van der Waals surface area contributed by atoms with E-state index in [-0.39, 0.29) is 17.3 Å². The molecule has 0 aromatic heterocycles. The molecule has 0 unspecified atom stereocenters. The molecule has 1 heterocycles. The molecular formula is C24H32FN3O2. The van der Waals surface area contributed by atoms with Gasteiger partial charge in [-0.2, -0.15) is 0 Å². The molecule has 5 nitrogen and oxygen atoms in total. The van der Waals surface area contributed by atoms with E-state index >= 15 is 0 Å². The number of para-hydroxylation sites is 1. The minimum Gasteiger partial charge on any atom is -0.494 e. The molecule has 6 heteroatoms. The summed E-state index contributed by atoms with van der Waals surface area (Å²) < 4.78 is 19.7. The summed E-state index contributed by atoms with van der Waals surface area (Å²) in [6.45, 7) is 10.1. The van der Waals surface area contributed by atoms with Gasteiger partial charge < -0.3 is 19.9 Å². The van der Waals surface area contributed by atoms with Gasteiger partial charge in [-0.3, -0.25) is 0 Å². The molecule has 2 amide bonds. The molecule has 0 radical (unpaired) electrons. The van der Waals surface area contributed by atoms with Crippen molar-refractivity contribution in [2.45, 2.75) is 32.6 Å². The van der Waals surface area contributed by atoms with E-state index in [1.54, 1.807) is 17.0 Å². The van der Waals surface area contributed by atoms with Crippen LogP contribution in [0.3, 0.4) is 0 Å². The van der Waals surface area contributed by atoms with Crippen LogP contribution in [0.4, 0.5) is 14.9 Å². The molecule has 1 N–H and O–H groups in total. The third-order valence-electron chi connectivity index (χ3n) is 5.35. The summed E-state index contributed by atoms with van der Waals surface area (Å²) in [7, 11) is 0. The van der Waals surface area contributed by atoms with E-state index in [4.69, 9.17) is 4.74 Å². The Hall–Kier alpha value is -2.76. The number of nitrogens with zero attached hydrogens (tertiary/aromatic N) is 2. The van der Waals surface area contributed by atoms with E-state index in [1.807, 2.05) is 23.1 Å². The number of hydrogen-bond donors (Lipinski definition) is 1. The van der Waals surface area contributed by atoms with Crippen LogP contribution in [0.5, 0.6) is 5.75 Å². The fourth-order valence-electron chi connectivity index (χ4n) is 3.48. The Labute approximate surface area is 178 Å². The third kappa shape index (κ3) is 5.88. The number of anilines is 1. The first-order valence-electron chi connectivity index (χ1n) is 10.6. The van der Waals surface area contributed by atoms with Crippen molar-refractivity contribution in [3.05, 3.63) is 59.9 Å². The van der Waals surface area contributed by atoms with Gasteiger partial charge in [0, 0.05) is 32.7 Å². The van der Waals surface area contributed by atoms with Crippen LogP contribution in [0.1, 0.15) is 32.8 Å². The van der Waals surface area contributed by atoms with E-state index < -0.39 is 0 Å². The number of urea groups is 1. The number of hydrogen-bond acceptors (Lipinski definition) is 3. The third-order valence-corrected chi connectivity index (χ3v) is 5.35. The molecule has 0 saturated carbocycles. The second-order valence-electron chi connectivity index (χ2n) is 8.63. The minimum atomic E-state index is -0.219. The van der Waals surface area contributed by atoms with Crippen molar-refractivity contribution in [1.82, 2.24) is 10.2 Å². The molecule has 0 aliphatic carbocycles. The average molecular weight is 414 g/mol. The van der Waals surface area contributed by atoms with E-state index in [9.17, 15) is 9.18 Å². The van der Waals surface area contributed by atoms with Gasteiger partial charge in [0.15, 0.2) is 0 Å². The number of carbonyl (C=O) groups is 1. The Morgan fingerprint density at radius 1 is 1.03 bits per heavy atom. The molecule has 1 fully saturated rings. The summed E-state index contributed by atoms with van der Waals surface area (Å²) in [6, 6.07) is 14.9. The highest BCUT2D eigenvalue weighted by atomic mass is 19.1. The predicted octanol–water partition coefficient (Wildman–Crippen LogP) is 4.42. The number of nitrogens with one attached hydrogen (secondary N) is 1. The lowest BCUT2D eigenvalue weighted by Crippen LogP contribution is -2.52. The molecule has 1 aliphatic rings. The molecule has 0 spiro atoms. The van der Waals surface area contributed by atoms with Crippen LogP contribution in [0.25, 0.3) is 0 Å². The Morgan fingerprint density at radius 3 is 2.33 bits per heavy atom. The van der Waals surface area contributed by atoms with Crippen LogP contribution in [0.15, 0.2) is 48.5 Å². The van der Waals surface area contributed by atoms with Crippen molar-refractivity contribution in [1.29, 1.82) is 0 Å². The molecule has 0 atom stereocenters. The fourth-order valence-corrected chi connectivity index (χ4v) is 3.48. The van der Waals surface area contributed by atoms with Crippen molar-refractivity contribution < 1.29 is 13.9 Å². The SMILES string of the molecule is CC(C)(C)c1ccc(OCCCNC(=O)N2CCN(c3ccccc3F)CC2)cc1. The number of amides is 2. The molecule has 1 aliphatic heterocycles. The highest BCUT2D eigenvalue weighted by Gasteiger charge is 2.22. The minimum absolute atomic E-state index is 0.0716. The number of rotatable bonds is 6. The van der Waals surface area contributed by atoms with E-state index in [0.717, 1.165) is 12.2 Å². The highest BCUT2D eigenvalue weighted by molar-refractivity contribution is 5.74. The van der Waals surface area contributed by atoms with Gasteiger partial charge in [-0.05, 0) is 41.7 Å². The van der Waals surface area contributed by atoms with E-state index in [0.29, 0.717) is 45.0 Å². The first-order chi connectivity index (χ1) is 14.3. The first-order valence-corrected chi connectivity index (χ1v) is 10.6. The van der Waals surface area contributed by atoms with Crippen LogP contribution in [0.2, 0.25) is 0 Å². The van der Waals surface area contributed by atoms with Crippen molar-refractivity contribution in [3.8, 4) is 5.75 Å². The second kappa shape index (κ2) is 9.83. The van der Waals surface area contributed by atoms with Gasteiger partial charge in [-0.15, -0.1) is 0 Å². The zero-order chi connectivity index (χ0) is 21.6. The average Bonchev–Trinajstić information content (AvgIpc) is 2.73. The molecule has 2 aromatic rings. The maximum atomic E-state index is 13.9. The van der Waals surface area contributed by atoms with Gasteiger partial charge in [-0.1, -0.05) is 45.0 Å². The molecule has 2 aromatic carbocycles. The Bertz CT molecular complexity index is 825. The van der Waals surface area contributed by atoms with Crippen LogP contribution in [0, 0.1) is 5.82 Å². The lowest BCUT2D eigenvalue weighted by molar-refractivity contribution is 0.193. The molecule has 162 valence electrons. The molecular weight excluding hydrogens is 381 g/mol. The summed E-state index contributed by atoms with van der Waals surface area (Å²) in [5.74, 6) is 0.627. The monoisotopic (exact) mass is 413 g/mol. The Morgan fingerprint density at radius 2 is 1.70 bits per heavy atom. The van der Waals surface area contributed by atoms with E-state index in [2.05, 4.69) is 38.2 Å². The summed E-state index contributed by atoms with van der Waals surface area (Å²) >= 11 is 0. The maximum Gasteiger partial charge on any atom is 0.317 e. The number of ether oxygens (including phenoxy) is 1. The number of benzene rings is 2. The van der Waals surface area contributed by atoms with Crippen molar-refractivity contribution in [2.24, 2.45) is 0 Å². The van der Waals surface area contributed by atoms with E-state index in [1.165, 1.54) is 11.6 Å².